The molecule has 3 aromatic rings. The molecule has 0 bridgehead atoms. The number of halogens is 1. The van der Waals surface area contributed by atoms with Gasteiger partial charge in [-0.1, -0.05) is 11.6 Å². The largest absolute Gasteiger partial charge is 0.504 e. The topological polar surface area (TPSA) is 45.2 Å². The molecule has 0 atom stereocenters. The number of fused-ring (bicyclic) bond motifs is 1. The standard InChI is InChI=1S/C16H14ClNO2/c1-9-5-16(20-2)15(19)7-11(9)13-8-18-14-4-3-10(17)6-12(13)14/h3-8,18-19H,1-2H3. The predicted octanol–water partition coefficient (Wildman–Crippen LogP) is 4.51. The number of H-pyrrole nitrogens is 1. The van der Waals surface area contributed by atoms with Crippen LogP contribution in [-0.2, 0) is 0 Å². The van der Waals surface area contributed by atoms with Crippen LogP contribution in [0.1, 0.15) is 5.56 Å². The SMILES string of the molecule is COc1cc(C)c(-c2c[nH]c3ccc(Cl)cc23)cc1O. The van der Waals surface area contributed by atoms with Gasteiger partial charge in [0.05, 0.1) is 7.11 Å². The minimum absolute atomic E-state index is 0.129. The van der Waals surface area contributed by atoms with Gasteiger partial charge in [-0.05, 0) is 48.4 Å². The van der Waals surface area contributed by atoms with Crippen molar-refractivity contribution in [3.05, 3.63) is 47.1 Å². The third-order valence-corrected chi connectivity index (χ3v) is 3.69. The number of nitrogens with one attached hydrogen (secondary N) is 1. The molecule has 3 nitrogen and oxygen atoms in total. The van der Waals surface area contributed by atoms with Crippen molar-refractivity contribution in [3.8, 4) is 22.6 Å². The van der Waals surface area contributed by atoms with E-state index >= 15 is 0 Å². The fraction of sp³-hybridized carbons (Fsp3) is 0.125. The van der Waals surface area contributed by atoms with Crippen LogP contribution in [0, 0.1) is 6.92 Å². The van der Waals surface area contributed by atoms with Crippen LogP contribution in [0.4, 0.5) is 0 Å². The second-order valence-electron chi connectivity index (χ2n) is 4.73. The summed E-state index contributed by atoms with van der Waals surface area (Å²) < 4.78 is 5.13. The Balaban J connectivity index is 2.25. The first kappa shape index (κ1) is 12.9. The van der Waals surface area contributed by atoms with Gasteiger partial charge in [-0.15, -0.1) is 0 Å². The molecule has 0 aliphatic carbocycles. The molecule has 0 spiro atoms. The van der Waals surface area contributed by atoms with Crippen LogP contribution in [-0.4, -0.2) is 17.2 Å². The van der Waals surface area contributed by atoms with Gasteiger partial charge in [-0.25, -0.2) is 0 Å². The first-order valence-corrected chi connectivity index (χ1v) is 6.62. The molecule has 0 amide bonds. The van der Waals surface area contributed by atoms with Crippen molar-refractivity contribution in [1.82, 2.24) is 4.98 Å². The minimum Gasteiger partial charge on any atom is -0.504 e. The molecule has 0 radical (unpaired) electrons. The van der Waals surface area contributed by atoms with E-state index < -0.39 is 0 Å². The van der Waals surface area contributed by atoms with Crippen LogP contribution in [0.25, 0.3) is 22.0 Å². The highest BCUT2D eigenvalue weighted by Crippen LogP contribution is 2.38. The number of methoxy groups -OCH3 is 1. The van der Waals surface area contributed by atoms with Gasteiger partial charge in [0.15, 0.2) is 11.5 Å². The normalized spacial score (nSPS) is 10.9. The van der Waals surface area contributed by atoms with Gasteiger partial charge in [0.25, 0.3) is 0 Å². The summed E-state index contributed by atoms with van der Waals surface area (Å²) in [6.45, 7) is 1.99. The zero-order chi connectivity index (χ0) is 14.3. The Morgan fingerprint density at radius 3 is 2.70 bits per heavy atom. The first-order chi connectivity index (χ1) is 9.60. The van der Waals surface area contributed by atoms with E-state index in [0.29, 0.717) is 10.8 Å². The second kappa shape index (κ2) is 4.76. The van der Waals surface area contributed by atoms with Crippen molar-refractivity contribution in [3.63, 3.8) is 0 Å². The average Bonchev–Trinajstić information content (AvgIpc) is 2.83. The molecule has 4 heteroatoms. The molecule has 0 aliphatic rings. The molecule has 102 valence electrons. The lowest BCUT2D eigenvalue weighted by Crippen LogP contribution is -1.88. The van der Waals surface area contributed by atoms with Gasteiger partial charge in [-0.2, -0.15) is 0 Å². The fourth-order valence-electron chi connectivity index (χ4n) is 2.44. The minimum atomic E-state index is 0.129. The third kappa shape index (κ3) is 2.00. The van der Waals surface area contributed by atoms with Gasteiger partial charge < -0.3 is 14.8 Å². The molecule has 0 unspecified atom stereocenters. The lowest BCUT2D eigenvalue weighted by molar-refractivity contribution is 0.373. The van der Waals surface area contributed by atoms with E-state index in [-0.39, 0.29) is 5.75 Å². The Morgan fingerprint density at radius 1 is 1.15 bits per heavy atom. The van der Waals surface area contributed by atoms with Crippen LogP contribution in [0.2, 0.25) is 5.02 Å². The van der Waals surface area contributed by atoms with E-state index in [1.807, 2.05) is 37.4 Å². The number of rotatable bonds is 2. The summed E-state index contributed by atoms with van der Waals surface area (Å²) in [4.78, 5) is 3.22. The van der Waals surface area contributed by atoms with Crippen LogP contribution >= 0.6 is 11.6 Å². The summed E-state index contributed by atoms with van der Waals surface area (Å²) in [5.74, 6) is 0.605. The summed E-state index contributed by atoms with van der Waals surface area (Å²) in [5.41, 5.74) is 4.01. The van der Waals surface area contributed by atoms with Gasteiger partial charge in [0.2, 0.25) is 0 Å². The molecule has 3 rings (SSSR count). The number of benzene rings is 2. The maximum atomic E-state index is 9.98. The fourth-order valence-corrected chi connectivity index (χ4v) is 2.61. The van der Waals surface area contributed by atoms with E-state index in [0.717, 1.165) is 27.6 Å². The zero-order valence-corrected chi connectivity index (χ0v) is 12.0. The quantitative estimate of drug-likeness (QED) is 0.728. The highest BCUT2D eigenvalue weighted by Gasteiger charge is 2.12. The predicted molar refractivity (Wildman–Crippen MR) is 81.7 cm³/mol. The van der Waals surface area contributed by atoms with Crippen molar-refractivity contribution < 1.29 is 9.84 Å². The van der Waals surface area contributed by atoms with E-state index in [1.54, 1.807) is 13.2 Å². The molecular weight excluding hydrogens is 274 g/mol. The number of ether oxygens (including phenoxy) is 1. The summed E-state index contributed by atoms with van der Waals surface area (Å²) >= 11 is 6.07. The Hall–Kier alpha value is -2.13. The summed E-state index contributed by atoms with van der Waals surface area (Å²) in [6, 6.07) is 9.26. The third-order valence-electron chi connectivity index (χ3n) is 3.46. The van der Waals surface area contributed by atoms with Crippen molar-refractivity contribution in [1.29, 1.82) is 0 Å². The molecule has 2 N–H and O–H groups in total. The van der Waals surface area contributed by atoms with Crippen LogP contribution in [0.15, 0.2) is 36.5 Å². The van der Waals surface area contributed by atoms with Crippen LogP contribution in [0.5, 0.6) is 11.5 Å². The van der Waals surface area contributed by atoms with E-state index in [4.69, 9.17) is 16.3 Å². The van der Waals surface area contributed by atoms with Gasteiger partial charge >= 0.3 is 0 Å². The summed E-state index contributed by atoms with van der Waals surface area (Å²) in [5, 5.41) is 11.7. The Morgan fingerprint density at radius 2 is 1.95 bits per heavy atom. The highest BCUT2D eigenvalue weighted by molar-refractivity contribution is 6.31. The van der Waals surface area contributed by atoms with Gasteiger partial charge in [0, 0.05) is 27.7 Å². The number of phenols is 1. The maximum absolute atomic E-state index is 9.98. The number of phenolic OH excluding ortho intramolecular Hbond substituents is 1. The number of hydrogen-bond acceptors (Lipinski definition) is 2. The molecule has 2 aromatic carbocycles. The monoisotopic (exact) mass is 287 g/mol. The molecule has 20 heavy (non-hydrogen) atoms. The van der Waals surface area contributed by atoms with E-state index in [1.165, 1.54) is 0 Å². The van der Waals surface area contributed by atoms with E-state index in [9.17, 15) is 5.11 Å². The number of aromatic nitrogens is 1. The lowest BCUT2D eigenvalue weighted by atomic mass is 9.99. The number of aromatic amines is 1. The smallest absolute Gasteiger partial charge is 0.160 e. The number of aryl methyl sites for hydroxylation is 1. The van der Waals surface area contributed by atoms with Crippen molar-refractivity contribution >= 4 is 22.5 Å². The summed E-state index contributed by atoms with van der Waals surface area (Å²) in [6.07, 6.45) is 1.93. The second-order valence-corrected chi connectivity index (χ2v) is 5.17. The van der Waals surface area contributed by atoms with Gasteiger partial charge in [-0.3, -0.25) is 0 Å². The lowest BCUT2D eigenvalue weighted by Gasteiger charge is -2.10. The molecule has 0 saturated heterocycles. The Bertz CT molecular complexity index is 793. The summed E-state index contributed by atoms with van der Waals surface area (Å²) in [7, 11) is 1.54. The maximum Gasteiger partial charge on any atom is 0.160 e. The Kier molecular flexibility index (Phi) is 3.07. The Labute approximate surface area is 121 Å². The van der Waals surface area contributed by atoms with Crippen LogP contribution in [0.3, 0.4) is 0 Å². The first-order valence-electron chi connectivity index (χ1n) is 6.25. The molecule has 1 aromatic heterocycles. The van der Waals surface area contributed by atoms with Crippen molar-refractivity contribution in [2.75, 3.05) is 7.11 Å². The van der Waals surface area contributed by atoms with E-state index in [2.05, 4.69) is 4.98 Å². The van der Waals surface area contributed by atoms with Crippen molar-refractivity contribution in [2.24, 2.45) is 0 Å². The van der Waals surface area contributed by atoms with Crippen molar-refractivity contribution in [2.45, 2.75) is 6.92 Å². The highest BCUT2D eigenvalue weighted by atomic mass is 35.5. The number of aromatic hydroxyl groups is 1. The number of hydrogen-bond donors (Lipinski definition) is 2. The van der Waals surface area contributed by atoms with Crippen LogP contribution < -0.4 is 4.74 Å². The average molecular weight is 288 g/mol. The molecule has 0 aliphatic heterocycles. The van der Waals surface area contributed by atoms with Gasteiger partial charge in [0.1, 0.15) is 0 Å². The molecule has 1 heterocycles. The zero-order valence-electron chi connectivity index (χ0n) is 11.2. The molecular formula is C16H14ClNO2. The molecule has 0 saturated carbocycles. The molecule has 0 fully saturated rings.